The number of carbonyl (C=O) groups excluding carboxylic acids is 2. The van der Waals surface area contributed by atoms with E-state index in [1.807, 2.05) is 6.92 Å². The minimum absolute atomic E-state index is 0.117. The largest absolute Gasteiger partial charge is 0.455 e. The SMILES string of the molecule is CCN1CCC(CC(=O)OC(C)C(F)(F)S(=O)(=O)O)CC1=O. The third kappa shape index (κ3) is 4.35. The summed E-state index contributed by atoms with van der Waals surface area (Å²) in [4.78, 5) is 24.9. The standard InChI is InChI=1S/C12H19F2NO6S/c1-3-15-5-4-9(6-10(15)16)7-11(17)21-8(2)12(13,14)22(18,19)20/h8-9H,3-7H2,1-2H3,(H,18,19,20). The molecule has 0 radical (unpaired) electrons. The van der Waals surface area contributed by atoms with E-state index >= 15 is 0 Å². The van der Waals surface area contributed by atoms with Crippen molar-refractivity contribution in [1.82, 2.24) is 4.90 Å². The van der Waals surface area contributed by atoms with Crippen LogP contribution in [0.4, 0.5) is 8.78 Å². The zero-order chi connectivity index (χ0) is 17.1. The Morgan fingerprint density at radius 2 is 2.14 bits per heavy atom. The number of amides is 1. The van der Waals surface area contributed by atoms with Crippen LogP contribution in [0.1, 0.15) is 33.1 Å². The van der Waals surface area contributed by atoms with Crippen LogP contribution in [0.3, 0.4) is 0 Å². The lowest BCUT2D eigenvalue weighted by molar-refractivity contribution is -0.161. The Labute approximate surface area is 127 Å². The number of alkyl halides is 2. The molecule has 1 heterocycles. The van der Waals surface area contributed by atoms with E-state index in [1.165, 1.54) is 0 Å². The number of esters is 1. The molecule has 1 N–H and O–H groups in total. The Morgan fingerprint density at radius 1 is 1.55 bits per heavy atom. The number of ether oxygens (including phenoxy) is 1. The smallest absolute Gasteiger partial charge is 0.405 e. The molecule has 22 heavy (non-hydrogen) atoms. The molecule has 1 fully saturated rings. The van der Waals surface area contributed by atoms with E-state index in [4.69, 9.17) is 4.55 Å². The van der Waals surface area contributed by atoms with Crippen molar-refractivity contribution < 1.29 is 36.1 Å². The van der Waals surface area contributed by atoms with Crippen molar-refractivity contribution in [1.29, 1.82) is 0 Å². The molecule has 1 saturated heterocycles. The van der Waals surface area contributed by atoms with E-state index in [2.05, 4.69) is 4.74 Å². The molecule has 0 aromatic rings. The van der Waals surface area contributed by atoms with Gasteiger partial charge in [0.05, 0.1) is 0 Å². The van der Waals surface area contributed by atoms with Gasteiger partial charge in [0.1, 0.15) is 0 Å². The molecule has 1 aliphatic heterocycles. The van der Waals surface area contributed by atoms with Gasteiger partial charge in [0.25, 0.3) is 0 Å². The van der Waals surface area contributed by atoms with Crippen molar-refractivity contribution in [3.8, 4) is 0 Å². The molecular weight excluding hydrogens is 324 g/mol. The first-order valence-corrected chi connectivity index (χ1v) is 8.25. The van der Waals surface area contributed by atoms with E-state index < -0.39 is 27.4 Å². The Bertz CT molecular complexity index is 536. The maximum absolute atomic E-state index is 13.2. The van der Waals surface area contributed by atoms with Gasteiger partial charge in [-0.1, -0.05) is 0 Å². The van der Waals surface area contributed by atoms with E-state index in [0.29, 0.717) is 26.4 Å². The number of nitrogens with zero attached hydrogens (tertiary/aromatic N) is 1. The second kappa shape index (κ2) is 6.86. The fraction of sp³-hybridized carbons (Fsp3) is 0.833. The van der Waals surface area contributed by atoms with Crippen molar-refractivity contribution in [2.75, 3.05) is 13.1 Å². The van der Waals surface area contributed by atoms with Crippen LogP contribution in [0, 0.1) is 5.92 Å². The van der Waals surface area contributed by atoms with Gasteiger partial charge >= 0.3 is 21.3 Å². The molecule has 1 rings (SSSR count). The van der Waals surface area contributed by atoms with Gasteiger partial charge in [-0.3, -0.25) is 14.1 Å². The fourth-order valence-corrected chi connectivity index (χ4v) is 2.68. The van der Waals surface area contributed by atoms with E-state index in [1.54, 1.807) is 4.90 Å². The number of piperidine rings is 1. The zero-order valence-electron chi connectivity index (χ0n) is 12.3. The van der Waals surface area contributed by atoms with Gasteiger partial charge < -0.3 is 9.64 Å². The molecule has 0 bridgehead atoms. The maximum Gasteiger partial charge on any atom is 0.405 e. The van der Waals surface area contributed by atoms with E-state index in [0.717, 1.165) is 0 Å². The second-order valence-electron chi connectivity index (χ2n) is 5.21. The average molecular weight is 343 g/mol. The van der Waals surface area contributed by atoms with Crippen molar-refractivity contribution in [2.24, 2.45) is 5.92 Å². The normalized spacial score (nSPS) is 21.6. The summed E-state index contributed by atoms with van der Waals surface area (Å²) < 4.78 is 60.4. The number of hydrogen-bond acceptors (Lipinski definition) is 5. The van der Waals surface area contributed by atoms with Crippen LogP contribution in [-0.2, 0) is 24.4 Å². The molecule has 1 aliphatic rings. The molecule has 1 amide bonds. The molecule has 2 atom stereocenters. The molecule has 0 aliphatic carbocycles. The molecule has 0 aromatic carbocycles. The van der Waals surface area contributed by atoms with E-state index in [9.17, 15) is 26.8 Å². The van der Waals surface area contributed by atoms with Gasteiger partial charge in [0.15, 0.2) is 6.10 Å². The number of rotatable bonds is 6. The van der Waals surface area contributed by atoms with Crippen molar-refractivity contribution in [3.05, 3.63) is 0 Å². The van der Waals surface area contributed by atoms with Crippen LogP contribution >= 0.6 is 0 Å². The Kier molecular flexibility index (Phi) is 5.85. The highest BCUT2D eigenvalue weighted by Crippen LogP contribution is 2.28. The summed E-state index contributed by atoms with van der Waals surface area (Å²) in [5, 5.41) is -4.58. The van der Waals surface area contributed by atoms with Gasteiger partial charge in [-0.25, -0.2) is 0 Å². The Balaban J connectivity index is 2.56. The van der Waals surface area contributed by atoms with Gasteiger partial charge in [-0.2, -0.15) is 17.2 Å². The lowest BCUT2D eigenvalue weighted by atomic mass is 9.93. The third-order valence-corrected chi connectivity index (χ3v) is 4.61. The van der Waals surface area contributed by atoms with Gasteiger partial charge in [-0.15, -0.1) is 0 Å². The predicted octanol–water partition coefficient (Wildman–Crippen LogP) is 1.05. The van der Waals surface area contributed by atoms with Crippen LogP contribution in [0.15, 0.2) is 0 Å². The number of carbonyl (C=O) groups is 2. The van der Waals surface area contributed by atoms with Crippen LogP contribution in [-0.4, -0.2) is 54.2 Å². The summed E-state index contributed by atoms with van der Waals surface area (Å²) in [5.41, 5.74) is 0. The number of likely N-dealkylation sites (tertiary alicyclic amines) is 1. The molecule has 128 valence electrons. The van der Waals surface area contributed by atoms with Crippen molar-refractivity contribution >= 4 is 22.0 Å². The summed E-state index contributed by atoms with van der Waals surface area (Å²) >= 11 is 0. The summed E-state index contributed by atoms with van der Waals surface area (Å²) in [6.07, 6.45) is -1.92. The fourth-order valence-electron chi connectivity index (χ4n) is 2.21. The topological polar surface area (TPSA) is 101 Å². The number of hydrogen-bond donors (Lipinski definition) is 1. The van der Waals surface area contributed by atoms with Crippen molar-refractivity contribution in [2.45, 2.75) is 44.5 Å². The summed E-state index contributed by atoms with van der Waals surface area (Å²) in [5.74, 6) is -1.48. The summed E-state index contributed by atoms with van der Waals surface area (Å²) in [6.45, 7) is 3.54. The van der Waals surface area contributed by atoms with Crippen LogP contribution < -0.4 is 0 Å². The van der Waals surface area contributed by atoms with E-state index in [-0.39, 0.29) is 24.7 Å². The monoisotopic (exact) mass is 343 g/mol. The highest BCUT2D eigenvalue weighted by molar-refractivity contribution is 7.86. The first-order valence-electron chi connectivity index (χ1n) is 6.81. The first-order chi connectivity index (χ1) is 9.99. The van der Waals surface area contributed by atoms with Gasteiger partial charge in [0.2, 0.25) is 5.91 Å². The highest BCUT2D eigenvalue weighted by Gasteiger charge is 2.52. The molecule has 10 heteroatoms. The van der Waals surface area contributed by atoms with Crippen LogP contribution in [0.2, 0.25) is 0 Å². The Hall–Kier alpha value is -1.29. The lowest BCUT2D eigenvalue weighted by Gasteiger charge is -2.30. The highest BCUT2D eigenvalue weighted by atomic mass is 32.2. The molecule has 0 aromatic heterocycles. The maximum atomic E-state index is 13.2. The first kappa shape index (κ1) is 18.8. The quantitative estimate of drug-likeness (QED) is 0.571. The molecule has 2 unspecified atom stereocenters. The molecule has 0 spiro atoms. The average Bonchev–Trinajstić information content (AvgIpc) is 2.37. The van der Waals surface area contributed by atoms with Crippen molar-refractivity contribution in [3.63, 3.8) is 0 Å². The summed E-state index contributed by atoms with van der Waals surface area (Å²) in [7, 11) is -5.67. The number of halogens is 2. The minimum Gasteiger partial charge on any atom is -0.455 e. The zero-order valence-corrected chi connectivity index (χ0v) is 13.1. The van der Waals surface area contributed by atoms with Crippen LogP contribution in [0.5, 0.6) is 0 Å². The second-order valence-corrected chi connectivity index (χ2v) is 6.70. The Morgan fingerprint density at radius 3 is 2.59 bits per heavy atom. The molecule has 7 nitrogen and oxygen atoms in total. The van der Waals surface area contributed by atoms with Gasteiger partial charge in [0, 0.05) is 25.9 Å². The lowest BCUT2D eigenvalue weighted by Crippen LogP contribution is -2.43. The van der Waals surface area contributed by atoms with Gasteiger partial charge in [-0.05, 0) is 26.2 Å². The summed E-state index contributed by atoms with van der Waals surface area (Å²) in [6, 6.07) is 0. The third-order valence-electron chi connectivity index (χ3n) is 3.59. The molecular formula is C12H19F2NO6S. The van der Waals surface area contributed by atoms with Crippen LogP contribution in [0.25, 0.3) is 0 Å². The minimum atomic E-state index is -5.67. The molecule has 0 saturated carbocycles. The predicted molar refractivity (Wildman–Crippen MR) is 71.6 cm³/mol.